The quantitative estimate of drug-likeness (QED) is 0.520. The Morgan fingerprint density at radius 1 is 1.19 bits per heavy atom. The molecule has 0 atom stereocenters. The van der Waals surface area contributed by atoms with Crippen molar-refractivity contribution in [3.8, 4) is 6.07 Å². The fourth-order valence-electron chi connectivity index (χ4n) is 2.49. The van der Waals surface area contributed by atoms with Gasteiger partial charge in [-0.3, -0.25) is 4.79 Å². The van der Waals surface area contributed by atoms with Gasteiger partial charge < -0.3 is 5.32 Å². The van der Waals surface area contributed by atoms with E-state index in [4.69, 9.17) is 5.26 Å². The molecule has 0 saturated heterocycles. The zero-order chi connectivity index (χ0) is 14.9. The SMILES string of the molecule is N#C/C(=C\C=C\c1ccccc1)C(=O)NC1CCCCC1. The number of hydrogen-bond donors (Lipinski definition) is 1. The minimum absolute atomic E-state index is 0.160. The monoisotopic (exact) mass is 280 g/mol. The molecule has 0 radical (unpaired) electrons. The van der Waals surface area contributed by atoms with Crippen LogP contribution in [0.15, 0.2) is 48.1 Å². The minimum atomic E-state index is -0.262. The van der Waals surface area contributed by atoms with Crippen LogP contribution in [-0.4, -0.2) is 11.9 Å². The maximum atomic E-state index is 12.0. The molecule has 1 aliphatic carbocycles. The van der Waals surface area contributed by atoms with Crippen LogP contribution in [0.3, 0.4) is 0 Å². The number of benzene rings is 1. The van der Waals surface area contributed by atoms with Crippen LogP contribution in [0.25, 0.3) is 6.08 Å². The summed E-state index contributed by atoms with van der Waals surface area (Å²) in [4.78, 5) is 12.0. The van der Waals surface area contributed by atoms with Gasteiger partial charge in [-0.1, -0.05) is 61.7 Å². The Hall–Kier alpha value is -2.34. The molecule has 1 aliphatic rings. The summed E-state index contributed by atoms with van der Waals surface area (Å²) in [7, 11) is 0. The number of carbonyl (C=O) groups excluding carboxylic acids is 1. The van der Waals surface area contributed by atoms with Crippen LogP contribution in [0.5, 0.6) is 0 Å². The van der Waals surface area contributed by atoms with Crippen LogP contribution >= 0.6 is 0 Å². The molecule has 0 aliphatic heterocycles. The highest BCUT2D eigenvalue weighted by molar-refractivity contribution is 5.97. The average Bonchev–Trinajstić information content (AvgIpc) is 2.53. The van der Waals surface area contributed by atoms with Crippen molar-refractivity contribution < 1.29 is 4.79 Å². The van der Waals surface area contributed by atoms with Crippen molar-refractivity contribution in [3.05, 3.63) is 53.6 Å². The average molecular weight is 280 g/mol. The lowest BCUT2D eigenvalue weighted by atomic mass is 9.95. The molecule has 1 saturated carbocycles. The van der Waals surface area contributed by atoms with Crippen LogP contribution in [-0.2, 0) is 4.79 Å². The number of nitrogens with one attached hydrogen (secondary N) is 1. The Kier molecular flexibility index (Phi) is 5.78. The normalized spacial score (nSPS) is 16.6. The van der Waals surface area contributed by atoms with Crippen LogP contribution in [0.2, 0.25) is 0 Å². The molecule has 108 valence electrons. The van der Waals surface area contributed by atoms with Gasteiger partial charge in [0.2, 0.25) is 0 Å². The fraction of sp³-hybridized carbons (Fsp3) is 0.333. The molecule has 0 spiro atoms. The second kappa shape index (κ2) is 8.06. The van der Waals surface area contributed by atoms with Crippen molar-refractivity contribution >= 4 is 12.0 Å². The fourth-order valence-corrected chi connectivity index (χ4v) is 2.49. The molecule has 0 heterocycles. The van der Waals surface area contributed by atoms with E-state index in [2.05, 4.69) is 5.32 Å². The molecule has 0 bridgehead atoms. The molecule has 0 aromatic heterocycles. The molecular formula is C18H20N2O. The van der Waals surface area contributed by atoms with Crippen LogP contribution < -0.4 is 5.32 Å². The van der Waals surface area contributed by atoms with Gasteiger partial charge in [-0.15, -0.1) is 0 Å². The second-order valence-corrected chi connectivity index (χ2v) is 5.27. The first-order valence-corrected chi connectivity index (χ1v) is 7.44. The maximum absolute atomic E-state index is 12.0. The standard InChI is InChI=1S/C18H20N2O/c19-14-16(11-7-10-15-8-3-1-4-9-15)18(21)20-17-12-5-2-6-13-17/h1,3-4,7-11,17H,2,5-6,12-13H2,(H,20,21)/b10-7+,16-11+. The first kappa shape index (κ1) is 15.1. The third-order valence-electron chi connectivity index (χ3n) is 3.66. The van der Waals surface area contributed by atoms with Crippen molar-refractivity contribution in [2.45, 2.75) is 38.1 Å². The highest BCUT2D eigenvalue weighted by Gasteiger charge is 2.17. The molecule has 21 heavy (non-hydrogen) atoms. The lowest BCUT2D eigenvalue weighted by molar-refractivity contribution is -0.118. The number of allylic oxidation sites excluding steroid dienone is 2. The summed E-state index contributed by atoms with van der Waals surface area (Å²) in [5, 5.41) is 12.1. The lowest BCUT2D eigenvalue weighted by Gasteiger charge is -2.22. The van der Waals surface area contributed by atoms with Crippen molar-refractivity contribution in [2.24, 2.45) is 0 Å². The molecule has 2 rings (SSSR count). The predicted octanol–water partition coefficient (Wildman–Crippen LogP) is 3.60. The number of nitriles is 1. The third-order valence-corrected chi connectivity index (χ3v) is 3.66. The van der Waals surface area contributed by atoms with Crippen LogP contribution in [0.1, 0.15) is 37.7 Å². The van der Waals surface area contributed by atoms with Crippen molar-refractivity contribution in [2.75, 3.05) is 0 Å². The second-order valence-electron chi connectivity index (χ2n) is 5.27. The van der Waals surface area contributed by atoms with Gasteiger partial charge in [-0.2, -0.15) is 5.26 Å². The number of nitrogens with zero attached hydrogens (tertiary/aromatic N) is 1. The molecule has 1 fully saturated rings. The van der Waals surface area contributed by atoms with E-state index in [-0.39, 0.29) is 17.5 Å². The summed E-state index contributed by atoms with van der Waals surface area (Å²) in [5.74, 6) is -0.262. The molecule has 0 unspecified atom stereocenters. The number of rotatable bonds is 4. The van der Waals surface area contributed by atoms with Crippen LogP contribution in [0.4, 0.5) is 0 Å². The topological polar surface area (TPSA) is 52.9 Å². The van der Waals surface area contributed by atoms with Gasteiger partial charge in [0.25, 0.3) is 5.91 Å². The van der Waals surface area contributed by atoms with Gasteiger partial charge in [0.05, 0.1) is 0 Å². The summed E-state index contributed by atoms with van der Waals surface area (Å²) in [6, 6.07) is 12.0. The molecule has 1 amide bonds. The van der Waals surface area contributed by atoms with Gasteiger partial charge in [0.15, 0.2) is 0 Å². The van der Waals surface area contributed by atoms with E-state index in [1.807, 2.05) is 42.5 Å². The van der Waals surface area contributed by atoms with E-state index in [0.717, 1.165) is 31.2 Å². The number of hydrogen-bond acceptors (Lipinski definition) is 2. The Morgan fingerprint density at radius 3 is 2.57 bits per heavy atom. The van der Waals surface area contributed by atoms with Gasteiger partial charge in [0, 0.05) is 6.04 Å². The van der Waals surface area contributed by atoms with Crippen molar-refractivity contribution in [3.63, 3.8) is 0 Å². The maximum Gasteiger partial charge on any atom is 0.262 e. The van der Waals surface area contributed by atoms with Crippen molar-refractivity contribution in [1.82, 2.24) is 5.32 Å². The van der Waals surface area contributed by atoms with E-state index in [0.29, 0.717) is 0 Å². The number of amides is 1. The summed E-state index contributed by atoms with van der Waals surface area (Å²) < 4.78 is 0. The Morgan fingerprint density at radius 2 is 1.90 bits per heavy atom. The Labute approximate surface area is 126 Å². The first-order chi connectivity index (χ1) is 10.3. The van der Waals surface area contributed by atoms with E-state index in [9.17, 15) is 4.79 Å². The van der Waals surface area contributed by atoms with Gasteiger partial charge in [-0.25, -0.2) is 0 Å². The largest absolute Gasteiger partial charge is 0.349 e. The van der Waals surface area contributed by atoms with Gasteiger partial charge >= 0.3 is 0 Å². The molecule has 3 heteroatoms. The minimum Gasteiger partial charge on any atom is -0.349 e. The lowest BCUT2D eigenvalue weighted by Crippen LogP contribution is -2.36. The zero-order valence-corrected chi connectivity index (χ0v) is 12.1. The van der Waals surface area contributed by atoms with Crippen molar-refractivity contribution in [1.29, 1.82) is 5.26 Å². The first-order valence-electron chi connectivity index (χ1n) is 7.44. The molecule has 1 N–H and O–H groups in total. The highest BCUT2D eigenvalue weighted by Crippen LogP contribution is 2.17. The summed E-state index contributed by atoms with van der Waals surface area (Å²) in [6.07, 6.45) is 10.8. The van der Waals surface area contributed by atoms with Gasteiger partial charge in [-0.05, 0) is 24.5 Å². The highest BCUT2D eigenvalue weighted by atomic mass is 16.1. The van der Waals surface area contributed by atoms with E-state index >= 15 is 0 Å². The molecule has 1 aromatic rings. The smallest absolute Gasteiger partial charge is 0.262 e. The van der Waals surface area contributed by atoms with E-state index in [1.165, 1.54) is 6.42 Å². The third kappa shape index (κ3) is 4.92. The van der Waals surface area contributed by atoms with E-state index < -0.39 is 0 Å². The summed E-state index contributed by atoms with van der Waals surface area (Å²) in [5.41, 5.74) is 1.20. The summed E-state index contributed by atoms with van der Waals surface area (Å²) in [6.45, 7) is 0. The molecule has 1 aromatic carbocycles. The number of carbonyl (C=O) groups is 1. The predicted molar refractivity (Wildman–Crippen MR) is 84.2 cm³/mol. The molecular weight excluding hydrogens is 260 g/mol. The molecule has 3 nitrogen and oxygen atoms in total. The Balaban J connectivity index is 1.95. The Bertz CT molecular complexity index is 561. The van der Waals surface area contributed by atoms with Gasteiger partial charge in [0.1, 0.15) is 11.6 Å². The van der Waals surface area contributed by atoms with E-state index in [1.54, 1.807) is 12.2 Å². The van der Waals surface area contributed by atoms with Crippen LogP contribution in [0, 0.1) is 11.3 Å². The zero-order valence-electron chi connectivity index (χ0n) is 12.1. The summed E-state index contributed by atoms with van der Waals surface area (Å²) >= 11 is 0.